The van der Waals surface area contributed by atoms with Crippen molar-refractivity contribution in [2.45, 2.75) is 6.61 Å². The molecule has 108 valence electrons. The molecule has 22 heavy (non-hydrogen) atoms. The highest BCUT2D eigenvalue weighted by Crippen LogP contribution is 2.28. The Labute approximate surface area is 126 Å². The van der Waals surface area contributed by atoms with Gasteiger partial charge in [-0.25, -0.2) is 0 Å². The molecule has 4 nitrogen and oxygen atoms in total. The first-order valence-electron chi connectivity index (χ1n) is 7.07. The first-order valence-corrected chi connectivity index (χ1v) is 7.07. The molecule has 0 aliphatic rings. The second-order valence-electron chi connectivity index (χ2n) is 5.12. The van der Waals surface area contributed by atoms with Crippen LogP contribution in [0.15, 0.2) is 64.0 Å². The molecule has 0 fully saturated rings. The van der Waals surface area contributed by atoms with Crippen LogP contribution in [0.4, 0.5) is 5.69 Å². The summed E-state index contributed by atoms with van der Waals surface area (Å²) >= 11 is 0. The molecular formula is C18H14N2O2. The molecular weight excluding hydrogens is 276 g/mol. The summed E-state index contributed by atoms with van der Waals surface area (Å²) in [4.78, 5) is 7.84. The average molecular weight is 290 g/mol. The normalized spacial score (nSPS) is 11.9. The van der Waals surface area contributed by atoms with Crippen LogP contribution in [0, 0.1) is 0 Å². The van der Waals surface area contributed by atoms with E-state index in [1.165, 1.54) is 5.39 Å². The smallest absolute Gasteiger partial charge is 0.145 e. The number of aliphatic imine (C=N–C) groups is 1. The molecule has 4 aromatic rings. The highest BCUT2D eigenvalue weighted by Gasteiger charge is 2.04. The number of furan rings is 1. The average Bonchev–Trinajstić information content (AvgIpc) is 3.16. The summed E-state index contributed by atoms with van der Waals surface area (Å²) in [5.41, 5.74) is 3.08. The van der Waals surface area contributed by atoms with Crippen LogP contribution in [0.1, 0.15) is 11.5 Å². The Morgan fingerprint density at radius 1 is 1.00 bits per heavy atom. The fraction of sp³-hybridized carbons (Fsp3) is 0.0556. The molecule has 0 saturated heterocycles. The molecule has 0 aliphatic carbocycles. The third-order valence-corrected chi connectivity index (χ3v) is 3.67. The number of aromatic nitrogens is 1. The van der Waals surface area contributed by atoms with Crippen molar-refractivity contribution >= 4 is 33.7 Å². The minimum Gasteiger partial charge on any atom is -0.458 e. The summed E-state index contributed by atoms with van der Waals surface area (Å²) in [6.07, 6.45) is 1.66. The zero-order valence-electron chi connectivity index (χ0n) is 11.8. The van der Waals surface area contributed by atoms with Gasteiger partial charge in [-0.2, -0.15) is 0 Å². The van der Waals surface area contributed by atoms with Gasteiger partial charge in [0.2, 0.25) is 0 Å². The zero-order chi connectivity index (χ0) is 14.9. The van der Waals surface area contributed by atoms with Crippen molar-refractivity contribution in [1.29, 1.82) is 0 Å². The van der Waals surface area contributed by atoms with Crippen molar-refractivity contribution in [3.8, 4) is 0 Å². The van der Waals surface area contributed by atoms with Gasteiger partial charge < -0.3 is 14.5 Å². The number of para-hydroxylation sites is 1. The largest absolute Gasteiger partial charge is 0.458 e. The molecule has 4 rings (SSSR count). The van der Waals surface area contributed by atoms with Crippen LogP contribution in [0.2, 0.25) is 0 Å². The standard InChI is InChI=1S/C18H14N2O2/c21-11-14-7-6-13(22-14)10-19-12-5-8-18-16(9-12)15-3-1-2-4-17(15)20-18/h1-10,20-21H,11H2. The molecule has 0 aliphatic heterocycles. The Balaban J connectivity index is 1.74. The third kappa shape index (κ3) is 2.19. The zero-order valence-corrected chi connectivity index (χ0v) is 11.8. The summed E-state index contributed by atoms with van der Waals surface area (Å²) in [5.74, 6) is 1.16. The molecule has 0 unspecified atom stereocenters. The highest BCUT2D eigenvalue weighted by molar-refractivity contribution is 6.08. The van der Waals surface area contributed by atoms with Gasteiger partial charge in [-0.1, -0.05) is 18.2 Å². The lowest BCUT2D eigenvalue weighted by Gasteiger charge is -1.95. The maximum absolute atomic E-state index is 8.99. The van der Waals surface area contributed by atoms with E-state index in [9.17, 15) is 0 Å². The van der Waals surface area contributed by atoms with E-state index < -0.39 is 0 Å². The Hall–Kier alpha value is -2.85. The number of nitrogens with one attached hydrogen (secondary N) is 1. The summed E-state index contributed by atoms with van der Waals surface area (Å²) in [7, 11) is 0. The summed E-state index contributed by atoms with van der Waals surface area (Å²) in [6, 6.07) is 17.8. The number of aliphatic hydroxyl groups is 1. The lowest BCUT2D eigenvalue weighted by atomic mass is 10.1. The summed E-state index contributed by atoms with van der Waals surface area (Å²) in [5, 5.41) is 11.3. The Morgan fingerprint density at radius 2 is 1.86 bits per heavy atom. The van der Waals surface area contributed by atoms with E-state index >= 15 is 0 Å². The van der Waals surface area contributed by atoms with E-state index in [2.05, 4.69) is 28.2 Å². The molecule has 2 N–H and O–H groups in total. The first-order chi connectivity index (χ1) is 10.8. The molecule has 0 saturated carbocycles. The molecule has 2 aromatic heterocycles. The minimum atomic E-state index is -0.102. The minimum absolute atomic E-state index is 0.102. The fourth-order valence-electron chi connectivity index (χ4n) is 2.60. The van der Waals surface area contributed by atoms with Crippen molar-refractivity contribution in [3.63, 3.8) is 0 Å². The number of H-pyrrole nitrogens is 1. The van der Waals surface area contributed by atoms with E-state index in [1.807, 2.05) is 24.3 Å². The molecule has 0 radical (unpaired) electrons. The van der Waals surface area contributed by atoms with Crippen LogP contribution in [0.25, 0.3) is 21.8 Å². The number of benzene rings is 2. The lowest BCUT2D eigenvalue weighted by Crippen LogP contribution is -1.77. The Kier molecular flexibility index (Phi) is 3.02. The topological polar surface area (TPSA) is 61.5 Å². The molecule has 0 bridgehead atoms. The van der Waals surface area contributed by atoms with Gasteiger partial charge in [-0.05, 0) is 36.4 Å². The van der Waals surface area contributed by atoms with Crippen LogP contribution < -0.4 is 0 Å². The summed E-state index contributed by atoms with van der Waals surface area (Å²) < 4.78 is 5.39. The second kappa shape index (κ2) is 5.16. The maximum atomic E-state index is 8.99. The number of hydrogen-bond donors (Lipinski definition) is 2. The monoisotopic (exact) mass is 290 g/mol. The van der Waals surface area contributed by atoms with Gasteiger partial charge >= 0.3 is 0 Å². The van der Waals surface area contributed by atoms with E-state index in [1.54, 1.807) is 18.3 Å². The number of nitrogens with zero attached hydrogens (tertiary/aromatic N) is 1. The van der Waals surface area contributed by atoms with Crippen molar-refractivity contribution in [1.82, 2.24) is 4.98 Å². The first kappa shape index (κ1) is 12.9. The summed E-state index contributed by atoms with van der Waals surface area (Å²) in [6.45, 7) is -0.102. The lowest BCUT2D eigenvalue weighted by molar-refractivity contribution is 0.247. The van der Waals surface area contributed by atoms with Crippen LogP contribution in [-0.4, -0.2) is 16.3 Å². The van der Waals surface area contributed by atoms with E-state index in [4.69, 9.17) is 9.52 Å². The van der Waals surface area contributed by atoms with Gasteiger partial charge in [0.1, 0.15) is 18.1 Å². The SMILES string of the molecule is OCc1ccc(C=Nc2ccc3[nH]c4ccccc4c3c2)o1. The fourth-order valence-corrected chi connectivity index (χ4v) is 2.60. The van der Waals surface area contributed by atoms with Gasteiger partial charge in [-0.15, -0.1) is 0 Å². The quantitative estimate of drug-likeness (QED) is 0.557. The molecule has 4 heteroatoms. The van der Waals surface area contributed by atoms with Crippen LogP contribution in [0.3, 0.4) is 0 Å². The van der Waals surface area contributed by atoms with Crippen molar-refractivity contribution in [2.24, 2.45) is 4.99 Å². The second-order valence-corrected chi connectivity index (χ2v) is 5.12. The highest BCUT2D eigenvalue weighted by atomic mass is 16.4. The molecule has 0 spiro atoms. The van der Waals surface area contributed by atoms with E-state index in [0.29, 0.717) is 11.5 Å². The van der Waals surface area contributed by atoms with Gasteiger partial charge in [-0.3, -0.25) is 4.99 Å². The van der Waals surface area contributed by atoms with Gasteiger partial charge in [0, 0.05) is 21.8 Å². The maximum Gasteiger partial charge on any atom is 0.145 e. The molecule has 0 amide bonds. The molecule has 2 heterocycles. The van der Waals surface area contributed by atoms with Crippen LogP contribution >= 0.6 is 0 Å². The predicted molar refractivity (Wildman–Crippen MR) is 87.7 cm³/mol. The Morgan fingerprint density at radius 3 is 2.73 bits per heavy atom. The van der Waals surface area contributed by atoms with Crippen LogP contribution in [-0.2, 0) is 6.61 Å². The number of rotatable bonds is 3. The number of aliphatic hydroxyl groups excluding tert-OH is 1. The van der Waals surface area contributed by atoms with Gasteiger partial charge in [0.25, 0.3) is 0 Å². The van der Waals surface area contributed by atoms with Crippen LogP contribution in [0.5, 0.6) is 0 Å². The van der Waals surface area contributed by atoms with Gasteiger partial charge in [0.15, 0.2) is 0 Å². The van der Waals surface area contributed by atoms with E-state index in [0.717, 1.165) is 22.1 Å². The van der Waals surface area contributed by atoms with Crippen molar-refractivity contribution in [3.05, 3.63) is 66.1 Å². The third-order valence-electron chi connectivity index (χ3n) is 3.67. The molecule has 2 aromatic carbocycles. The Bertz CT molecular complexity index is 979. The number of fused-ring (bicyclic) bond motifs is 3. The van der Waals surface area contributed by atoms with E-state index in [-0.39, 0.29) is 6.61 Å². The molecule has 0 atom stereocenters. The van der Waals surface area contributed by atoms with Crippen molar-refractivity contribution < 1.29 is 9.52 Å². The van der Waals surface area contributed by atoms with Crippen molar-refractivity contribution in [2.75, 3.05) is 0 Å². The number of aromatic amines is 1. The number of hydrogen-bond acceptors (Lipinski definition) is 3. The van der Waals surface area contributed by atoms with Gasteiger partial charge in [0.05, 0.1) is 11.9 Å². The predicted octanol–water partition coefficient (Wildman–Crippen LogP) is 4.16.